The van der Waals surface area contributed by atoms with Crippen molar-refractivity contribution >= 4 is 28.8 Å². The number of anilines is 1. The lowest BCUT2D eigenvalue weighted by molar-refractivity contribution is 0.0955. The number of nitrogen functional groups attached to an aromatic ring is 1. The summed E-state index contributed by atoms with van der Waals surface area (Å²) in [5.74, 6) is 0.0673. The number of fused-ring (bicyclic) bond motifs is 1. The third-order valence-corrected chi connectivity index (χ3v) is 4.94. The Morgan fingerprint density at radius 3 is 3.00 bits per heavy atom. The molecule has 8 heteroatoms. The molecule has 0 saturated carbocycles. The largest absolute Gasteiger partial charge is 0.366 e. The molecule has 0 saturated heterocycles. The maximum atomic E-state index is 12.4. The number of rotatable bonds is 4. The number of nitrogens with one attached hydrogen (secondary N) is 1. The van der Waals surface area contributed by atoms with Crippen molar-refractivity contribution in [3.63, 3.8) is 0 Å². The van der Waals surface area contributed by atoms with Crippen LogP contribution in [0.4, 0.5) is 5.95 Å². The van der Waals surface area contributed by atoms with Crippen molar-refractivity contribution in [2.24, 2.45) is 0 Å². The third-order valence-electron chi connectivity index (χ3n) is 4.01. The van der Waals surface area contributed by atoms with E-state index in [0.717, 1.165) is 16.7 Å². The van der Waals surface area contributed by atoms with Crippen molar-refractivity contribution in [1.82, 2.24) is 19.9 Å². The average molecular weight is 374 g/mol. The van der Waals surface area contributed by atoms with Crippen LogP contribution in [0.5, 0.6) is 0 Å². The van der Waals surface area contributed by atoms with E-state index in [0.29, 0.717) is 22.6 Å². The highest BCUT2D eigenvalue weighted by molar-refractivity contribution is 7.12. The van der Waals surface area contributed by atoms with Gasteiger partial charge < -0.3 is 11.1 Å². The molecule has 3 aromatic heterocycles. The molecule has 4 rings (SSSR count). The highest BCUT2D eigenvalue weighted by Crippen LogP contribution is 2.26. The summed E-state index contributed by atoms with van der Waals surface area (Å²) in [6.45, 7) is 0.367. The first kappa shape index (κ1) is 16.8. The van der Waals surface area contributed by atoms with E-state index < -0.39 is 0 Å². The standard InChI is InChI=1S/C19H14N6OS/c20-8-12-2-1-3-13(6-12)9-22-18(26)16-7-15(11-27-16)14-4-5-17-23-19(21)24-25(17)10-14/h1-7,10-11H,9H2,(H2,21,24)(H,22,26). The zero-order valence-electron chi connectivity index (χ0n) is 14.1. The predicted molar refractivity (Wildman–Crippen MR) is 103 cm³/mol. The number of carbonyl (C=O) groups is 1. The molecular weight excluding hydrogens is 360 g/mol. The maximum absolute atomic E-state index is 12.4. The molecule has 0 radical (unpaired) electrons. The molecule has 4 aromatic rings. The number of benzene rings is 1. The highest BCUT2D eigenvalue weighted by Gasteiger charge is 2.11. The van der Waals surface area contributed by atoms with Gasteiger partial charge in [-0.2, -0.15) is 10.2 Å². The molecular formula is C19H14N6OS. The number of carbonyl (C=O) groups excluding carboxylic acids is 1. The van der Waals surface area contributed by atoms with Gasteiger partial charge in [0, 0.05) is 18.3 Å². The molecule has 0 fully saturated rings. The Hall–Kier alpha value is -3.70. The zero-order valence-corrected chi connectivity index (χ0v) is 14.9. The number of aromatic nitrogens is 3. The van der Waals surface area contributed by atoms with Crippen LogP contribution in [0.2, 0.25) is 0 Å². The van der Waals surface area contributed by atoms with Crippen molar-refractivity contribution in [3.05, 3.63) is 70.0 Å². The molecule has 27 heavy (non-hydrogen) atoms. The highest BCUT2D eigenvalue weighted by atomic mass is 32.1. The van der Waals surface area contributed by atoms with E-state index in [2.05, 4.69) is 21.5 Å². The number of nitriles is 1. The average Bonchev–Trinajstić information content (AvgIpc) is 3.31. The first-order valence-corrected chi connectivity index (χ1v) is 8.98. The summed E-state index contributed by atoms with van der Waals surface area (Å²) in [6, 6.07) is 14.9. The van der Waals surface area contributed by atoms with E-state index in [1.54, 1.807) is 22.7 Å². The maximum Gasteiger partial charge on any atom is 0.261 e. The fourth-order valence-electron chi connectivity index (χ4n) is 2.70. The minimum absolute atomic E-state index is 0.153. The van der Waals surface area contributed by atoms with Crippen LogP contribution in [0.1, 0.15) is 20.8 Å². The SMILES string of the molecule is N#Cc1cccc(CNC(=O)c2cc(-c3ccc4nc(N)nn4c3)cs2)c1. The Balaban J connectivity index is 1.49. The van der Waals surface area contributed by atoms with E-state index in [4.69, 9.17) is 11.0 Å². The van der Waals surface area contributed by atoms with Gasteiger partial charge in [-0.3, -0.25) is 4.79 Å². The number of pyridine rings is 1. The molecule has 3 N–H and O–H groups in total. The van der Waals surface area contributed by atoms with Gasteiger partial charge in [-0.15, -0.1) is 16.4 Å². The zero-order chi connectivity index (χ0) is 18.8. The van der Waals surface area contributed by atoms with Crippen LogP contribution in [-0.4, -0.2) is 20.5 Å². The van der Waals surface area contributed by atoms with Gasteiger partial charge in [0.2, 0.25) is 5.95 Å². The van der Waals surface area contributed by atoms with Crippen molar-refractivity contribution < 1.29 is 4.79 Å². The topological polar surface area (TPSA) is 109 Å². The van der Waals surface area contributed by atoms with Crippen LogP contribution >= 0.6 is 11.3 Å². The van der Waals surface area contributed by atoms with Crippen LogP contribution in [0.3, 0.4) is 0 Å². The Labute approximate surface area is 158 Å². The van der Waals surface area contributed by atoms with Gasteiger partial charge >= 0.3 is 0 Å². The lowest BCUT2D eigenvalue weighted by atomic mass is 10.1. The third kappa shape index (κ3) is 3.49. The number of nitrogens with zero attached hydrogens (tertiary/aromatic N) is 4. The summed E-state index contributed by atoms with van der Waals surface area (Å²) in [6.07, 6.45) is 1.83. The van der Waals surface area contributed by atoms with E-state index >= 15 is 0 Å². The second-order valence-corrected chi connectivity index (χ2v) is 6.80. The van der Waals surface area contributed by atoms with Gasteiger partial charge in [-0.25, -0.2) is 4.52 Å². The minimum Gasteiger partial charge on any atom is -0.366 e. The van der Waals surface area contributed by atoms with Crippen molar-refractivity contribution in [2.45, 2.75) is 6.54 Å². The molecule has 0 aliphatic carbocycles. The van der Waals surface area contributed by atoms with Gasteiger partial charge in [0.05, 0.1) is 16.5 Å². The van der Waals surface area contributed by atoms with Crippen LogP contribution < -0.4 is 11.1 Å². The fourth-order valence-corrected chi connectivity index (χ4v) is 3.53. The van der Waals surface area contributed by atoms with Gasteiger partial charge in [0.25, 0.3) is 5.91 Å². The van der Waals surface area contributed by atoms with Crippen LogP contribution in [0.25, 0.3) is 16.8 Å². The van der Waals surface area contributed by atoms with E-state index in [-0.39, 0.29) is 11.9 Å². The summed E-state index contributed by atoms with van der Waals surface area (Å²) in [7, 11) is 0. The van der Waals surface area contributed by atoms with Crippen molar-refractivity contribution in [3.8, 4) is 17.2 Å². The molecule has 3 heterocycles. The normalized spacial score (nSPS) is 10.6. The van der Waals surface area contributed by atoms with Crippen LogP contribution in [-0.2, 0) is 6.54 Å². The van der Waals surface area contributed by atoms with E-state index in [1.807, 2.05) is 35.8 Å². The van der Waals surface area contributed by atoms with Crippen LogP contribution in [0.15, 0.2) is 54.0 Å². The molecule has 0 aliphatic heterocycles. The second-order valence-electron chi connectivity index (χ2n) is 5.89. The summed E-state index contributed by atoms with van der Waals surface area (Å²) in [5.41, 5.74) is 9.58. The summed E-state index contributed by atoms with van der Waals surface area (Å²) >= 11 is 1.37. The van der Waals surface area contributed by atoms with Crippen molar-refractivity contribution in [2.75, 3.05) is 5.73 Å². The molecule has 132 valence electrons. The van der Waals surface area contributed by atoms with Gasteiger partial charge in [0.1, 0.15) is 0 Å². The Bertz CT molecular complexity index is 1190. The van der Waals surface area contributed by atoms with Gasteiger partial charge in [-0.05, 0) is 46.8 Å². The number of hydrogen-bond acceptors (Lipinski definition) is 6. The Morgan fingerprint density at radius 2 is 2.15 bits per heavy atom. The second kappa shape index (κ2) is 6.90. The molecule has 0 unspecified atom stereocenters. The van der Waals surface area contributed by atoms with Gasteiger partial charge in [0.15, 0.2) is 5.65 Å². The van der Waals surface area contributed by atoms with Crippen molar-refractivity contribution in [1.29, 1.82) is 5.26 Å². The number of hydrogen-bond donors (Lipinski definition) is 2. The lowest BCUT2D eigenvalue weighted by Gasteiger charge is -2.04. The van der Waals surface area contributed by atoms with Gasteiger partial charge in [-0.1, -0.05) is 12.1 Å². The quantitative estimate of drug-likeness (QED) is 0.571. The molecule has 0 spiro atoms. The first-order valence-electron chi connectivity index (χ1n) is 8.10. The number of thiophene rings is 1. The fraction of sp³-hybridized carbons (Fsp3) is 0.0526. The number of amides is 1. The van der Waals surface area contributed by atoms with E-state index in [1.165, 1.54) is 11.3 Å². The molecule has 7 nitrogen and oxygen atoms in total. The first-order chi connectivity index (χ1) is 13.1. The molecule has 1 aromatic carbocycles. The smallest absolute Gasteiger partial charge is 0.261 e. The Morgan fingerprint density at radius 1 is 1.26 bits per heavy atom. The summed E-state index contributed by atoms with van der Waals surface area (Å²) < 4.78 is 1.62. The molecule has 0 bridgehead atoms. The molecule has 1 amide bonds. The monoisotopic (exact) mass is 374 g/mol. The lowest BCUT2D eigenvalue weighted by Crippen LogP contribution is -2.21. The summed E-state index contributed by atoms with van der Waals surface area (Å²) in [4.78, 5) is 17.1. The molecule has 0 atom stereocenters. The van der Waals surface area contributed by atoms with E-state index in [9.17, 15) is 4.79 Å². The Kier molecular flexibility index (Phi) is 4.28. The molecule has 0 aliphatic rings. The van der Waals surface area contributed by atoms with Crippen LogP contribution in [0, 0.1) is 11.3 Å². The number of nitrogens with two attached hydrogens (primary N) is 1. The predicted octanol–water partition coefficient (Wildman–Crippen LogP) is 2.84. The minimum atomic E-state index is -0.153. The summed E-state index contributed by atoms with van der Waals surface area (Å²) in [5, 5.41) is 17.9.